The molecule has 1 aliphatic rings. The first kappa shape index (κ1) is 21.0. The molecule has 0 spiro atoms. The zero-order valence-corrected chi connectivity index (χ0v) is 18.0. The standard InChI is InChI=1S/C26H38N2/c1-3-5-7-21-9-11-22(12-10-21)13-14-23-15-17-25(18-16-23)26-27-19-24(20-28-26)8-6-4-2/h15-22H,3-14H2,1-2H3/t21-,22-. The lowest BCUT2D eigenvalue weighted by Crippen LogP contribution is -2.15. The van der Waals surface area contributed by atoms with Gasteiger partial charge in [-0.1, -0.05) is 89.5 Å². The summed E-state index contributed by atoms with van der Waals surface area (Å²) in [5.41, 5.74) is 3.82. The molecule has 2 nitrogen and oxygen atoms in total. The minimum absolute atomic E-state index is 0.845. The van der Waals surface area contributed by atoms with Gasteiger partial charge < -0.3 is 0 Å². The number of aromatic nitrogens is 2. The SMILES string of the molecule is CCCCc1cnc(-c2ccc(CC[C@H]3CC[C@H](CCCC)CC3)cc2)nc1. The van der Waals surface area contributed by atoms with E-state index in [2.05, 4.69) is 48.1 Å². The van der Waals surface area contributed by atoms with E-state index in [1.165, 1.54) is 81.8 Å². The molecule has 1 saturated carbocycles. The maximum Gasteiger partial charge on any atom is 0.159 e. The average Bonchev–Trinajstić information content (AvgIpc) is 2.76. The first-order valence-electron chi connectivity index (χ1n) is 11.7. The molecule has 0 N–H and O–H groups in total. The fourth-order valence-electron chi connectivity index (χ4n) is 4.51. The molecule has 0 saturated heterocycles. The summed E-state index contributed by atoms with van der Waals surface area (Å²) in [5.74, 6) is 2.80. The highest BCUT2D eigenvalue weighted by Crippen LogP contribution is 2.34. The molecule has 0 unspecified atom stereocenters. The monoisotopic (exact) mass is 378 g/mol. The lowest BCUT2D eigenvalue weighted by Gasteiger charge is -2.28. The maximum absolute atomic E-state index is 4.57. The Kier molecular flexibility index (Phi) is 8.51. The van der Waals surface area contributed by atoms with Gasteiger partial charge in [0.2, 0.25) is 0 Å². The number of rotatable bonds is 10. The van der Waals surface area contributed by atoms with Gasteiger partial charge in [-0.25, -0.2) is 9.97 Å². The third-order valence-electron chi connectivity index (χ3n) is 6.51. The molecular weight excluding hydrogens is 340 g/mol. The largest absolute Gasteiger partial charge is 0.236 e. The van der Waals surface area contributed by atoms with Gasteiger partial charge in [-0.2, -0.15) is 0 Å². The van der Waals surface area contributed by atoms with E-state index in [1.54, 1.807) is 0 Å². The Morgan fingerprint density at radius 3 is 1.93 bits per heavy atom. The number of hydrogen-bond donors (Lipinski definition) is 0. The predicted octanol–water partition coefficient (Wildman–Crippen LogP) is 7.42. The summed E-state index contributed by atoms with van der Waals surface area (Å²) >= 11 is 0. The zero-order valence-electron chi connectivity index (χ0n) is 18.0. The van der Waals surface area contributed by atoms with Gasteiger partial charge in [0.05, 0.1) is 0 Å². The third-order valence-corrected chi connectivity index (χ3v) is 6.51. The molecule has 2 heteroatoms. The van der Waals surface area contributed by atoms with Crippen LogP contribution in [0, 0.1) is 11.8 Å². The van der Waals surface area contributed by atoms with Crippen molar-refractivity contribution >= 4 is 0 Å². The lowest BCUT2D eigenvalue weighted by molar-refractivity contribution is 0.250. The molecule has 3 rings (SSSR count). The number of aryl methyl sites for hydroxylation is 2. The molecule has 0 aliphatic heterocycles. The average molecular weight is 379 g/mol. The highest BCUT2D eigenvalue weighted by atomic mass is 14.9. The van der Waals surface area contributed by atoms with E-state index in [0.717, 1.165) is 29.6 Å². The summed E-state index contributed by atoms with van der Waals surface area (Å²) in [5, 5.41) is 0. The smallest absolute Gasteiger partial charge is 0.159 e. The summed E-state index contributed by atoms with van der Waals surface area (Å²) in [6, 6.07) is 8.93. The Morgan fingerprint density at radius 2 is 1.32 bits per heavy atom. The van der Waals surface area contributed by atoms with E-state index in [4.69, 9.17) is 0 Å². The number of hydrogen-bond acceptors (Lipinski definition) is 2. The summed E-state index contributed by atoms with van der Waals surface area (Å²) in [6.07, 6.45) is 20.1. The molecule has 2 aromatic rings. The van der Waals surface area contributed by atoms with Crippen LogP contribution < -0.4 is 0 Å². The normalized spacial score (nSPS) is 19.6. The van der Waals surface area contributed by atoms with E-state index < -0.39 is 0 Å². The van der Waals surface area contributed by atoms with Crippen molar-refractivity contribution in [3.05, 3.63) is 47.8 Å². The fraction of sp³-hybridized carbons (Fsp3) is 0.615. The number of unbranched alkanes of at least 4 members (excludes halogenated alkanes) is 2. The van der Waals surface area contributed by atoms with E-state index in [9.17, 15) is 0 Å². The Hall–Kier alpha value is -1.70. The van der Waals surface area contributed by atoms with Crippen LogP contribution in [0.25, 0.3) is 11.4 Å². The van der Waals surface area contributed by atoms with Crippen LogP contribution in [0.2, 0.25) is 0 Å². The van der Waals surface area contributed by atoms with Crippen molar-refractivity contribution in [2.45, 2.75) is 90.9 Å². The van der Waals surface area contributed by atoms with Crippen LogP contribution in [-0.4, -0.2) is 9.97 Å². The van der Waals surface area contributed by atoms with Crippen LogP contribution in [0.1, 0.15) is 89.2 Å². The lowest BCUT2D eigenvalue weighted by atomic mass is 9.78. The Balaban J connectivity index is 1.44. The molecule has 0 atom stereocenters. The summed E-state index contributed by atoms with van der Waals surface area (Å²) in [4.78, 5) is 9.14. The molecule has 28 heavy (non-hydrogen) atoms. The van der Waals surface area contributed by atoms with E-state index in [0.29, 0.717) is 0 Å². The van der Waals surface area contributed by atoms with Gasteiger partial charge in [-0.15, -0.1) is 0 Å². The molecule has 1 fully saturated rings. The van der Waals surface area contributed by atoms with Crippen molar-refractivity contribution < 1.29 is 0 Å². The van der Waals surface area contributed by atoms with Crippen molar-refractivity contribution in [3.8, 4) is 11.4 Å². The minimum Gasteiger partial charge on any atom is -0.236 e. The summed E-state index contributed by atoms with van der Waals surface area (Å²) in [7, 11) is 0. The maximum atomic E-state index is 4.57. The second-order valence-electron chi connectivity index (χ2n) is 8.78. The second kappa shape index (κ2) is 11.3. The fourth-order valence-corrected chi connectivity index (χ4v) is 4.51. The third kappa shape index (κ3) is 6.43. The van der Waals surface area contributed by atoms with Crippen molar-refractivity contribution in [3.63, 3.8) is 0 Å². The topological polar surface area (TPSA) is 25.8 Å². The Bertz CT molecular complexity index is 667. The van der Waals surface area contributed by atoms with Crippen LogP contribution in [0.4, 0.5) is 0 Å². The summed E-state index contributed by atoms with van der Waals surface area (Å²) in [6.45, 7) is 4.53. The molecule has 0 radical (unpaired) electrons. The van der Waals surface area contributed by atoms with Crippen molar-refractivity contribution in [2.75, 3.05) is 0 Å². The first-order valence-corrected chi connectivity index (χ1v) is 11.7. The molecule has 1 aliphatic carbocycles. The van der Waals surface area contributed by atoms with Crippen LogP contribution >= 0.6 is 0 Å². The van der Waals surface area contributed by atoms with Gasteiger partial charge in [0.15, 0.2) is 5.82 Å². The van der Waals surface area contributed by atoms with Crippen molar-refractivity contribution in [1.29, 1.82) is 0 Å². The Labute approximate surface area is 172 Å². The molecule has 0 amide bonds. The second-order valence-corrected chi connectivity index (χ2v) is 8.78. The van der Waals surface area contributed by atoms with E-state index in [-0.39, 0.29) is 0 Å². The van der Waals surface area contributed by atoms with Crippen molar-refractivity contribution in [1.82, 2.24) is 9.97 Å². The van der Waals surface area contributed by atoms with Crippen LogP contribution in [0.15, 0.2) is 36.7 Å². The number of benzene rings is 1. The van der Waals surface area contributed by atoms with Crippen LogP contribution in [0.5, 0.6) is 0 Å². The molecule has 0 bridgehead atoms. The first-order chi connectivity index (χ1) is 13.8. The Morgan fingerprint density at radius 1 is 0.714 bits per heavy atom. The molecule has 1 heterocycles. The van der Waals surface area contributed by atoms with Crippen LogP contribution in [0.3, 0.4) is 0 Å². The van der Waals surface area contributed by atoms with Gasteiger partial charge >= 0.3 is 0 Å². The van der Waals surface area contributed by atoms with Gasteiger partial charge in [-0.05, 0) is 48.6 Å². The minimum atomic E-state index is 0.845. The number of nitrogens with zero attached hydrogens (tertiary/aromatic N) is 2. The van der Waals surface area contributed by atoms with Crippen LogP contribution in [-0.2, 0) is 12.8 Å². The quantitative estimate of drug-likeness (QED) is 0.430. The molecule has 152 valence electrons. The van der Waals surface area contributed by atoms with E-state index in [1.807, 2.05) is 12.4 Å². The zero-order chi connectivity index (χ0) is 19.6. The highest BCUT2D eigenvalue weighted by molar-refractivity contribution is 5.55. The highest BCUT2D eigenvalue weighted by Gasteiger charge is 2.20. The van der Waals surface area contributed by atoms with E-state index >= 15 is 0 Å². The van der Waals surface area contributed by atoms with Crippen molar-refractivity contribution in [2.24, 2.45) is 11.8 Å². The predicted molar refractivity (Wildman–Crippen MR) is 119 cm³/mol. The molecular formula is C26H38N2. The van der Waals surface area contributed by atoms with Gasteiger partial charge in [-0.3, -0.25) is 0 Å². The summed E-state index contributed by atoms with van der Waals surface area (Å²) < 4.78 is 0. The van der Waals surface area contributed by atoms with Gasteiger partial charge in [0.1, 0.15) is 0 Å². The van der Waals surface area contributed by atoms with Gasteiger partial charge in [0, 0.05) is 18.0 Å². The molecule has 1 aromatic carbocycles. The molecule has 1 aromatic heterocycles. The van der Waals surface area contributed by atoms with Gasteiger partial charge in [0.25, 0.3) is 0 Å².